The zero-order chi connectivity index (χ0) is 20.1. The molecular weight excluding hydrogens is 382 g/mol. The van der Waals surface area contributed by atoms with Gasteiger partial charge in [-0.3, -0.25) is 0 Å². The van der Waals surface area contributed by atoms with Crippen molar-refractivity contribution in [1.29, 1.82) is 0 Å². The molecule has 2 heterocycles. The van der Waals surface area contributed by atoms with Crippen LogP contribution in [0.5, 0.6) is 0 Å². The lowest BCUT2D eigenvalue weighted by Crippen LogP contribution is -2.30. The number of benzene rings is 2. The van der Waals surface area contributed by atoms with Gasteiger partial charge in [-0.15, -0.1) is 0 Å². The summed E-state index contributed by atoms with van der Waals surface area (Å²) in [5.74, 6) is 0.922. The maximum absolute atomic E-state index is 13.0. The molecule has 1 aliphatic rings. The molecule has 2 aromatic carbocycles. The molecule has 150 valence electrons. The normalized spacial score (nSPS) is 14.7. The molecule has 3 aromatic rings. The van der Waals surface area contributed by atoms with E-state index in [0.717, 1.165) is 30.0 Å². The number of pyridine rings is 1. The van der Waals surface area contributed by atoms with Gasteiger partial charge in [-0.25, -0.2) is 18.1 Å². The van der Waals surface area contributed by atoms with Crippen LogP contribution in [0.1, 0.15) is 24.8 Å². The molecule has 1 N–H and O–H groups in total. The Kier molecular flexibility index (Phi) is 5.92. The Balaban J connectivity index is 1.53. The first-order chi connectivity index (χ1) is 14.1. The number of rotatable bonds is 6. The highest BCUT2D eigenvalue weighted by Gasteiger charge is 2.19. The molecular formula is C23H25N3O2S. The summed E-state index contributed by atoms with van der Waals surface area (Å²) < 4.78 is 28.9. The summed E-state index contributed by atoms with van der Waals surface area (Å²) in [6.07, 6.45) is 5.37. The van der Waals surface area contributed by atoms with Gasteiger partial charge in [0.15, 0.2) is 0 Å². The van der Waals surface area contributed by atoms with Crippen molar-refractivity contribution in [3.63, 3.8) is 0 Å². The minimum atomic E-state index is -3.66. The molecule has 5 nitrogen and oxygen atoms in total. The van der Waals surface area contributed by atoms with Gasteiger partial charge in [0.25, 0.3) is 0 Å². The number of sulfonamides is 1. The van der Waals surface area contributed by atoms with Crippen LogP contribution in [0.2, 0.25) is 0 Å². The Labute approximate surface area is 172 Å². The van der Waals surface area contributed by atoms with Gasteiger partial charge in [0.2, 0.25) is 10.0 Å². The first kappa shape index (κ1) is 19.6. The number of piperidine rings is 1. The highest BCUT2D eigenvalue weighted by molar-refractivity contribution is 7.89. The van der Waals surface area contributed by atoms with Crippen molar-refractivity contribution in [2.45, 2.75) is 30.7 Å². The summed E-state index contributed by atoms with van der Waals surface area (Å²) >= 11 is 0. The van der Waals surface area contributed by atoms with Gasteiger partial charge in [-0.05, 0) is 48.6 Å². The molecule has 4 rings (SSSR count). The van der Waals surface area contributed by atoms with E-state index in [2.05, 4.69) is 14.6 Å². The Morgan fingerprint density at radius 2 is 1.62 bits per heavy atom. The summed E-state index contributed by atoms with van der Waals surface area (Å²) in [5.41, 5.74) is 2.48. The van der Waals surface area contributed by atoms with Crippen molar-refractivity contribution in [3.8, 4) is 11.1 Å². The summed E-state index contributed by atoms with van der Waals surface area (Å²) in [5, 5.41) is 0. The van der Waals surface area contributed by atoms with Crippen LogP contribution in [0.3, 0.4) is 0 Å². The van der Waals surface area contributed by atoms with Gasteiger partial charge in [-0.1, -0.05) is 48.5 Å². The molecule has 0 unspecified atom stereocenters. The molecule has 0 aliphatic carbocycles. The third kappa shape index (κ3) is 4.66. The summed E-state index contributed by atoms with van der Waals surface area (Å²) in [6, 6.07) is 20.5. The smallest absolute Gasteiger partial charge is 0.241 e. The summed E-state index contributed by atoms with van der Waals surface area (Å²) in [6.45, 7) is 2.24. The second-order valence-electron chi connectivity index (χ2n) is 7.26. The zero-order valence-corrected chi connectivity index (χ0v) is 17.1. The second kappa shape index (κ2) is 8.76. The van der Waals surface area contributed by atoms with Crippen LogP contribution in [0.15, 0.2) is 77.8 Å². The van der Waals surface area contributed by atoms with E-state index < -0.39 is 10.0 Å². The number of aromatic nitrogens is 1. The van der Waals surface area contributed by atoms with Crippen LogP contribution >= 0.6 is 0 Å². The Morgan fingerprint density at radius 1 is 0.897 bits per heavy atom. The van der Waals surface area contributed by atoms with Crippen LogP contribution in [0.25, 0.3) is 11.1 Å². The fraction of sp³-hybridized carbons (Fsp3) is 0.261. The molecule has 0 bridgehead atoms. The zero-order valence-electron chi connectivity index (χ0n) is 16.3. The molecule has 0 atom stereocenters. The van der Waals surface area contributed by atoms with E-state index >= 15 is 0 Å². The predicted molar refractivity (Wildman–Crippen MR) is 116 cm³/mol. The largest absolute Gasteiger partial charge is 0.357 e. The van der Waals surface area contributed by atoms with E-state index in [0.29, 0.717) is 5.56 Å². The topological polar surface area (TPSA) is 62.3 Å². The van der Waals surface area contributed by atoms with E-state index in [9.17, 15) is 8.42 Å². The van der Waals surface area contributed by atoms with E-state index in [1.807, 2.05) is 54.6 Å². The van der Waals surface area contributed by atoms with Crippen molar-refractivity contribution in [3.05, 3.63) is 78.5 Å². The van der Waals surface area contributed by atoms with Gasteiger partial charge in [-0.2, -0.15) is 0 Å². The molecule has 0 amide bonds. The second-order valence-corrected chi connectivity index (χ2v) is 8.99. The first-order valence-corrected chi connectivity index (χ1v) is 11.5. The molecule has 0 spiro atoms. The van der Waals surface area contributed by atoms with Gasteiger partial charge in [0.05, 0.1) is 4.90 Å². The molecule has 1 aliphatic heterocycles. The maximum Gasteiger partial charge on any atom is 0.241 e. The van der Waals surface area contributed by atoms with Crippen LogP contribution in [0, 0.1) is 0 Å². The van der Waals surface area contributed by atoms with E-state index in [1.165, 1.54) is 19.3 Å². The maximum atomic E-state index is 13.0. The predicted octanol–water partition coefficient (Wildman–Crippen LogP) is 4.22. The quantitative estimate of drug-likeness (QED) is 0.665. The third-order valence-electron chi connectivity index (χ3n) is 5.22. The number of nitrogens with zero attached hydrogens (tertiary/aromatic N) is 2. The lowest BCUT2D eigenvalue weighted by atomic mass is 10.1. The highest BCUT2D eigenvalue weighted by atomic mass is 32.2. The molecule has 29 heavy (non-hydrogen) atoms. The third-order valence-corrected chi connectivity index (χ3v) is 6.68. The van der Waals surface area contributed by atoms with Gasteiger partial charge < -0.3 is 4.90 Å². The molecule has 1 saturated heterocycles. The Morgan fingerprint density at radius 3 is 2.41 bits per heavy atom. The number of anilines is 1. The van der Waals surface area contributed by atoms with Crippen molar-refractivity contribution in [2.75, 3.05) is 18.0 Å². The minimum absolute atomic E-state index is 0.231. The fourth-order valence-electron chi connectivity index (χ4n) is 3.68. The van der Waals surface area contributed by atoms with E-state index in [4.69, 9.17) is 0 Å². The SMILES string of the molecule is O=S(=O)(NCc1ccnc(N2CCCCC2)c1)c1ccccc1-c1ccccc1. The van der Waals surface area contributed by atoms with Crippen molar-refractivity contribution in [2.24, 2.45) is 0 Å². The molecule has 0 radical (unpaired) electrons. The van der Waals surface area contributed by atoms with Crippen LogP contribution in [-0.4, -0.2) is 26.5 Å². The molecule has 0 saturated carbocycles. The standard InChI is InChI=1S/C23H25N3O2S/c27-29(28,22-12-6-5-11-21(22)20-9-3-1-4-10-20)25-18-19-13-14-24-23(17-19)26-15-7-2-8-16-26/h1,3-6,9-14,17,25H,2,7-8,15-16,18H2. The number of hydrogen-bond acceptors (Lipinski definition) is 4. The molecule has 1 fully saturated rings. The Bertz CT molecular complexity index is 1060. The van der Waals surface area contributed by atoms with E-state index in [-0.39, 0.29) is 11.4 Å². The van der Waals surface area contributed by atoms with Crippen LogP contribution < -0.4 is 9.62 Å². The van der Waals surface area contributed by atoms with Crippen LogP contribution in [-0.2, 0) is 16.6 Å². The molecule has 6 heteroatoms. The minimum Gasteiger partial charge on any atom is -0.357 e. The first-order valence-electron chi connectivity index (χ1n) is 9.97. The van der Waals surface area contributed by atoms with Crippen LogP contribution in [0.4, 0.5) is 5.82 Å². The summed E-state index contributed by atoms with van der Waals surface area (Å²) in [7, 11) is -3.66. The lowest BCUT2D eigenvalue weighted by Gasteiger charge is -2.27. The average molecular weight is 408 g/mol. The summed E-state index contributed by atoms with van der Waals surface area (Å²) in [4.78, 5) is 7.03. The number of hydrogen-bond donors (Lipinski definition) is 1. The lowest BCUT2D eigenvalue weighted by molar-refractivity contribution is 0.572. The average Bonchev–Trinajstić information content (AvgIpc) is 2.79. The van der Waals surface area contributed by atoms with E-state index in [1.54, 1.807) is 18.3 Å². The van der Waals surface area contributed by atoms with Crippen molar-refractivity contribution >= 4 is 15.8 Å². The molecule has 1 aromatic heterocycles. The Hall–Kier alpha value is -2.70. The van der Waals surface area contributed by atoms with Gasteiger partial charge in [0.1, 0.15) is 5.82 Å². The highest BCUT2D eigenvalue weighted by Crippen LogP contribution is 2.27. The monoisotopic (exact) mass is 407 g/mol. The number of nitrogens with one attached hydrogen (secondary N) is 1. The van der Waals surface area contributed by atoms with Crippen molar-refractivity contribution in [1.82, 2.24) is 9.71 Å². The fourth-order valence-corrected chi connectivity index (χ4v) is 4.93. The van der Waals surface area contributed by atoms with Gasteiger partial charge >= 0.3 is 0 Å². The van der Waals surface area contributed by atoms with Crippen molar-refractivity contribution < 1.29 is 8.42 Å². The van der Waals surface area contributed by atoms with Gasteiger partial charge in [0, 0.05) is 31.4 Å².